The molecule has 1 aromatic carbocycles. The molecule has 0 saturated carbocycles. The summed E-state index contributed by atoms with van der Waals surface area (Å²) in [6, 6.07) is 2.75. The number of hydrogen-bond donors (Lipinski definition) is 2. The van der Waals surface area contributed by atoms with Gasteiger partial charge in [0.15, 0.2) is 0 Å². The van der Waals surface area contributed by atoms with Crippen molar-refractivity contribution in [3.8, 4) is 5.75 Å². The van der Waals surface area contributed by atoms with E-state index in [1.165, 1.54) is 12.1 Å². The van der Waals surface area contributed by atoms with Crippen molar-refractivity contribution in [2.45, 2.75) is 19.6 Å². The minimum Gasteiger partial charge on any atom is -0.506 e. The summed E-state index contributed by atoms with van der Waals surface area (Å²) in [6.45, 7) is 3.67. The molecule has 0 fully saturated rings. The van der Waals surface area contributed by atoms with Crippen LogP contribution in [0.1, 0.15) is 25.2 Å². The van der Waals surface area contributed by atoms with Crippen LogP contribution < -0.4 is 5.73 Å². The zero-order valence-electron chi connectivity index (χ0n) is 10.6. The first kappa shape index (κ1) is 16.8. The molecule has 0 heterocycles. The van der Waals surface area contributed by atoms with Gasteiger partial charge in [-0.05, 0) is 26.0 Å². The van der Waals surface area contributed by atoms with Gasteiger partial charge in [-0.1, -0.05) is 23.2 Å². The Morgan fingerprint density at radius 1 is 1.32 bits per heavy atom. The molecule has 1 atom stereocenters. The highest BCUT2D eigenvalue weighted by Crippen LogP contribution is 2.60. The van der Waals surface area contributed by atoms with Gasteiger partial charge in [-0.25, -0.2) is 0 Å². The lowest BCUT2D eigenvalue weighted by Gasteiger charge is -2.24. The van der Waals surface area contributed by atoms with E-state index in [1.807, 2.05) is 0 Å². The lowest BCUT2D eigenvalue weighted by atomic mass is 10.2. The number of rotatable bonds is 6. The summed E-state index contributed by atoms with van der Waals surface area (Å²) in [5.74, 6) is -1.44. The molecule has 5 nitrogen and oxygen atoms in total. The Kier molecular flexibility index (Phi) is 6.12. The molecule has 0 aliphatic heterocycles. The number of hydrogen-bond acceptors (Lipinski definition) is 5. The molecule has 0 amide bonds. The van der Waals surface area contributed by atoms with Gasteiger partial charge in [0.1, 0.15) is 11.5 Å². The molecule has 0 unspecified atom stereocenters. The van der Waals surface area contributed by atoms with Crippen LogP contribution in [0.2, 0.25) is 10.0 Å². The molecule has 1 aromatic rings. The SMILES string of the molecule is CCOP(=O)(OCC)[C@@H](N)c1cc(Cl)cc(Cl)c1O. The highest BCUT2D eigenvalue weighted by atomic mass is 35.5. The maximum Gasteiger partial charge on any atom is 0.351 e. The van der Waals surface area contributed by atoms with E-state index in [0.29, 0.717) is 0 Å². The van der Waals surface area contributed by atoms with Crippen molar-refractivity contribution < 1.29 is 18.7 Å². The van der Waals surface area contributed by atoms with E-state index in [2.05, 4.69) is 0 Å². The van der Waals surface area contributed by atoms with E-state index >= 15 is 0 Å². The van der Waals surface area contributed by atoms with Crippen LogP contribution in [-0.4, -0.2) is 18.3 Å². The molecule has 1 rings (SSSR count). The fourth-order valence-corrected chi connectivity index (χ4v) is 3.70. The van der Waals surface area contributed by atoms with Crippen LogP contribution in [0.5, 0.6) is 5.75 Å². The Hall–Kier alpha value is -0.290. The second-order valence-electron chi connectivity index (χ2n) is 3.65. The minimum absolute atomic E-state index is 0.0255. The summed E-state index contributed by atoms with van der Waals surface area (Å²) in [6.07, 6.45) is 0. The van der Waals surface area contributed by atoms with Crippen LogP contribution in [0.3, 0.4) is 0 Å². The van der Waals surface area contributed by atoms with E-state index in [-0.39, 0.29) is 34.6 Å². The molecule has 0 radical (unpaired) electrons. The van der Waals surface area contributed by atoms with Crippen LogP contribution in [0.4, 0.5) is 0 Å². The van der Waals surface area contributed by atoms with Crippen LogP contribution in [-0.2, 0) is 13.6 Å². The number of phenolic OH excluding ortho intramolecular Hbond substituents is 1. The highest BCUT2D eigenvalue weighted by molar-refractivity contribution is 7.54. The first-order valence-corrected chi connectivity index (χ1v) is 8.04. The van der Waals surface area contributed by atoms with Crippen LogP contribution >= 0.6 is 30.8 Å². The van der Waals surface area contributed by atoms with E-state index in [0.717, 1.165) is 0 Å². The van der Waals surface area contributed by atoms with E-state index in [4.69, 9.17) is 38.0 Å². The van der Waals surface area contributed by atoms with Crippen LogP contribution in [0.25, 0.3) is 0 Å². The molecule has 0 bridgehead atoms. The normalized spacial score (nSPS) is 13.5. The van der Waals surface area contributed by atoms with E-state index < -0.39 is 13.4 Å². The summed E-state index contributed by atoms with van der Waals surface area (Å²) in [7, 11) is -3.60. The molecule has 19 heavy (non-hydrogen) atoms. The molecule has 0 saturated heterocycles. The Labute approximate surface area is 122 Å². The first-order valence-electron chi connectivity index (χ1n) is 5.68. The van der Waals surface area contributed by atoms with Crippen LogP contribution in [0.15, 0.2) is 12.1 Å². The van der Waals surface area contributed by atoms with Gasteiger partial charge in [0.05, 0.1) is 18.2 Å². The minimum atomic E-state index is -3.60. The van der Waals surface area contributed by atoms with Crippen LogP contribution in [0, 0.1) is 0 Å². The highest BCUT2D eigenvalue weighted by Gasteiger charge is 2.36. The summed E-state index contributed by atoms with van der Waals surface area (Å²) in [5, 5.41) is 10.2. The number of phenols is 1. The van der Waals surface area contributed by atoms with Gasteiger partial charge in [0.2, 0.25) is 0 Å². The Balaban J connectivity index is 3.24. The summed E-state index contributed by atoms with van der Waals surface area (Å²) < 4.78 is 22.8. The third kappa shape index (κ3) is 3.85. The summed E-state index contributed by atoms with van der Waals surface area (Å²) in [4.78, 5) is 0. The molecule has 0 spiro atoms. The van der Waals surface area contributed by atoms with Crippen molar-refractivity contribution in [2.75, 3.05) is 13.2 Å². The van der Waals surface area contributed by atoms with E-state index in [1.54, 1.807) is 13.8 Å². The molecule has 0 aromatic heterocycles. The van der Waals surface area contributed by atoms with E-state index in [9.17, 15) is 9.67 Å². The van der Waals surface area contributed by atoms with Crippen molar-refractivity contribution in [3.63, 3.8) is 0 Å². The topological polar surface area (TPSA) is 81.8 Å². The first-order chi connectivity index (χ1) is 8.85. The van der Waals surface area contributed by atoms with Gasteiger partial charge >= 0.3 is 7.60 Å². The zero-order valence-corrected chi connectivity index (χ0v) is 13.0. The third-order valence-corrected chi connectivity index (χ3v) is 5.04. The average Bonchev–Trinajstić information content (AvgIpc) is 2.33. The Morgan fingerprint density at radius 3 is 2.32 bits per heavy atom. The standard InChI is InChI=1S/C11H16Cl2NO4P/c1-3-17-19(16,18-4-2)11(14)8-5-7(12)6-9(13)10(8)15/h5-6,11,15H,3-4,14H2,1-2H3/t11-/m1/s1. The smallest absolute Gasteiger partial charge is 0.351 e. The second-order valence-corrected chi connectivity index (χ2v) is 6.64. The van der Waals surface area contributed by atoms with Gasteiger partial charge in [-0.2, -0.15) is 0 Å². The fraction of sp³-hybridized carbons (Fsp3) is 0.455. The number of benzene rings is 1. The molecule has 0 aliphatic carbocycles. The summed E-state index contributed by atoms with van der Waals surface area (Å²) >= 11 is 11.7. The maximum atomic E-state index is 12.5. The van der Waals surface area contributed by atoms with Gasteiger partial charge in [-0.15, -0.1) is 0 Å². The molecule has 3 N–H and O–H groups in total. The average molecular weight is 328 g/mol. The number of aromatic hydroxyl groups is 1. The van der Waals surface area contributed by atoms with Crippen molar-refractivity contribution in [1.29, 1.82) is 0 Å². The van der Waals surface area contributed by atoms with Gasteiger partial charge < -0.3 is 19.9 Å². The Bertz CT molecular complexity index is 488. The van der Waals surface area contributed by atoms with Crippen molar-refractivity contribution >= 4 is 30.8 Å². The maximum absolute atomic E-state index is 12.5. The quantitative estimate of drug-likeness (QED) is 0.774. The van der Waals surface area contributed by atoms with Gasteiger partial charge in [-0.3, -0.25) is 4.57 Å². The van der Waals surface area contributed by atoms with Gasteiger partial charge in [0.25, 0.3) is 0 Å². The van der Waals surface area contributed by atoms with Crippen molar-refractivity contribution in [3.05, 3.63) is 27.7 Å². The largest absolute Gasteiger partial charge is 0.506 e. The number of nitrogens with two attached hydrogens (primary N) is 1. The monoisotopic (exact) mass is 327 g/mol. The summed E-state index contributed by atoms with van der Waals surface area (Å²) in [5.41, 5.74) is 6.02. The number of halogens is 2. The Morgan fingerprint density at radius 2 is 1.84 bits per heavy atom. The molecular weight excluding hydrogens is 312 g/mol. The molecular formula is C11H16Cl2NO4P. The predicted octanol–water partition coefficient (Wildman–Crippen LogP) is 3.92. The predicted molar refractivity (Wildman–Crippen MR) is 75.9 cm³/mol. The second kappa shape index (κ2) is 6.93. The zero-order chi connectivity index (χ0) is 14.6. The molecule has 0 aliphatic rings. The lowest BCUT2D eigenvalue weighted by molar-refractivity contribution is 0.212. The molecule has 108 valence electrons. The lowest BCUT2D eigenvalue weighted by Crippen LogP contribution is -2.15. The molecule has 8 heteroatoms. The fourth-order valence-electron chi connectivity index (χ4n) is 1.54. The van der Waals surface area contributed by atoms with Gasteiger partial charge in [0, 0.05) is 10.6 Å². The third-order valence-electron chi connectivity index (χ3n) is 2.34. The van der Waals surface area contributed by atoms with Crippen molar-refractivity contribution in [2.24, 2.45) is 5.73 Å². The van der Waals surface area contributed by atoms with Crippen molar-refractivity contribution in [1.82, 2.24) is 0 Å².